The fraction of sp³-hybridized carbons (Fsp3) is 0.769. The molecule has 1 aliphatic carbocycles. The average Bonchev–Trinajstić information content (AvgIpc) is 2.76. The van der Waals surface area contributed by atoms with E-state index in [4.69, 9.17) is 5.73 Å². The van der Waals surface area contributed by atoms with E-state index in [-0.39, 0.29) is 18.4 Å². The number of carbonyl (C=O) groups excluding carboxylic acids is 3. The molecule has 0 aromatic carbocycles. The van der Waals surface area contributed by atoms with Gasteiger partial charge in [-0.1, -0.05) is 19.3 Å². The molecule has 2 fully saturated rings. The van der Waals surface area contributed by atoms with E-state index >= 15 is 0 Å². The summed E-state index contributed by atoms with van der Waals surface area (Å²) in [6, 6.07) is 0. The molecule has 1 aliphatic heterocycles. The molecule has 6 nitrogen and oxygen atoms in total. The number of likely N-dealkylation sites (tertiary alicyclic amines) is 1. The molecule has 3 N–H and O–H groups in total. The first kappa shape index (κ1) is 13.8. The van der Waals surface area contributed by atoms with Crippen LogP contribution < -0.4 is 11.1 Å². The SMILES string of the molecule is NC(=O)C1(NC(=O)CN2CCCC2=O)CCCCC1. The molecule has 1 saturated heterocycles. The third-order valence-electron chi connectivity index (χ3n) is 4.06. The fourth-order valence-corrected chi connectivity index (χ4v) is 2.94. The minimum absolute atomic E-state index is 0.00641. The van der Waals surface area contributed by atoms with Gasteiger partial charge in [0.05, 0.1) is 6.54 Å². The Kier molecular flexibility index (Phi) is 4.07. The molecule has 1 heterocycles. The Labute approximate surface area is 112 Å². The average molecular weight is 267 g/mol. The topological polar surface area (TPSA) is 92.5 Å². The van der Waals surface area contributed by atoms with E-state index in [1.807, 2.05) is 0 Å². The minimum Gasteiger partial charge on any atom is -0.368 e. The van der Waals surface area contributed by atoms with Crippen LogP contribution in [-0.2, 0) is 14.4 Å². The molecular formula is C13H21N3O3. The Balaban J connectivity index is 1.95. The molecule has 0 spiro atoms. The lowest BCUT2D eigenvalue weighted by atomic mass is 9.81. The lowest BCUT2D eigenvalue weighted by Crippen LogP contribution is -2.59. The van der Waals surface area contributed by atoms with Gasteiger partial charge in [0.1, 0.15) is 5.54 Å². The normalized spacial score (nSPS) is 22.3. The zero-order chi connectivity index (χ0) is 13.9. The second-order valence-corrected chi connectivity index (χ2v) is 5.47. The summed E-state index contributed by atoms with van der Waals surface area (Å²) >= 11 is 0. The molecule has 2 rings (SSSR count). The smallest absolute Gasteiger partial charge is 0.243 e. The van der Waals surface area contributed by atoms with Crippen molar-refractivity contribution in [2.75, 3.05) is 13.1 Å². The van der Waals surface area contributed by atoms with E-state index in [2.05, 4.69) is 5.32 Å². The van der Waals surface area contributed by atoms with Gasteiger partial charge in [-0.05, 0) is 19.3 Å². The summed E-state index contributed by atoms with van der Waals surface area (Å²) in [4.78, 5) is 36.7. The van der Waals surface area contributed by atoms with E-state index in [1.54, 1.807) is 0 Å². The Morgan fingerprint density at radius 1 is 1.21 bits per heavy atom. The van der Waals surface area contributed by atoms with E-state index in [0.717, 1.165) is 25.7 Å². The summed E-state index contributed by atoms with van der Waals surface area (Å²) in [5.74, 6) is -0.740. The largest absolute Gasteiger partial charge is 0.368 e. The van der Waals surface area contributed by atoms with E-state index < -0.39 is 11.4 Å². The molecule has 0 aromatic heterocycles. The van der Waals surface area contributed by atoms with Gasteiger partial charge in [0.25, 0.3) is 0 Å². The molecule has 0 radical (unpaired) electrons. The number of carbonyl (C=O) groups is 3. The molecule has 6 heteroatoms. The predicted molar refractivity (Wildman–Crippen MR) is 69.0 cm³/mol. The maximum Gasteiger partial charge on any atom is 0.243 e. The van der Waals surface area contributed by atoms with Crippen molar-refractivity contribution < 1.29 is 14.4 Å². The van der Waals surface area contributed by atoms with Crippen molar-refractivity contribution in [1.82, 2.24) is 10.2 Å². The number of rotatable bonds is 4. The number of nitrogens with one attached hydrogen (secondary N) is 1. The highest BCUT2D eigenvalue weighted by atomic mass is 16.2. The number of amides is 3. The predicted octanol–water partition coefficient (Wildman–Crippen LogP) is -0.0868. The number of hydrogen-bond acceptors (Lipinski definition) is 3. The summed E-state index contributed by atoms with van der Waals surface area (Å²) in [5.41, 5.74) is 4.55. The van der Waals surface area contributed by atoms with Crippen LogP contribution in [0, 0.1) is 0 Å². The molecule has 1 saturated carbocycles. The number of primary amides is 1. The van der Waals surface area contributed by atoms with Crippen molar-refractivity contribution in [3.05, 3.63) is 0 Å². The zero-order valence-corrected chi connectivity index (χ0v) is 11.1. The molecule has 2 aliphatic rings. The summed E-state index contributed by atoms with van der Waals surface area (Å²) in [6.07, 6.45) is 5.36. The van der Waals surface area contributed by atoms with Crippen LogP contribution in [0.2, 0.25) is 0 Å². The molecule has 0 atom stereocenters. The van der Waals surface area contributed by atoms with Gasteiger partial charge < -0.3 is 16.0 Å². The first-order valence-electron chi connectivity index (χ1n) is 6.92. The van der Waals surface area contributed by atoms with E-state index in [0.29, 0.717) is 25.8 Å². The summed E-state index contributed by atoms with van der Waals surface area (Å²) < 4.78 is 0. The first-order valence-corrected chi connectivity index (χ1v) is 6.92. The van der Waals surface area contributed by atoms with Gasteiger partial charge in [0.15, 0.2) is 0 Å². The highest BCUT2D eigenvalue weighted by Crippen LogP contribution is 2.28. The molecule has 0 bridgehead atoms. The van der Waals surface area contributed by atoms with Crippen LogP contribution in [-0.4, -0.2) is 41.2 Å². The van der Waals surface area contributed by atoms with Crippen molar-refractivity contribution in [3.63, 3.8) is 0 Å². The number of nitrogens with zero attached hydrogens (tertiary/aromatic N) is 1. The van der Waals surface area contributed by atoms with Gasteiger partial charge in [0.2, 0.25) is 17.7 Å². The molecular weight excluding hydrogens is 246 g/mol. The molecule has 106 valence electrons. The van der Waals surface area contributed by atoms with E-state index in [9.17, 15) is 14.4 Å². The summed E-state index contributed by atoms with van der Waals surface area (Å²) in [5, 5.41) is 2.77. The van der Waals surface area contributed by atoms with Crippen LogP contribution in [0.1, 0.15) is 44.9 Å². The lowest BCUT2D eigenvalue weighted by Gasteiger charge is -2.35. The summed E-state index contributed by atoms with van der Waals surface area (Å²) in [6.45, 7) is 0.656. The van der Waals surface area contributed by atoms with Gasteiger partial charge in [-0.2, -0.15) is 0 Å². The minimum atomic E-state index is -0.905. The molecule has 19 heavy (non-hydrogen) atoms. The molecule has 0 unspecified atom stereocenters. The maximum atomic E-state index is 12.0. The highest BCUT2D eigenvalue weighted by Gasteiger charge is 2.39. The highest BCUT2D eigenvalue weighted by molar-refractivity contribution is 5.92. The molecule has 3 amide bonds. The van der Waals surface area contributed by atoms with Gasteiger partial charge in [-0.3, -0.25) is 14.4 Å². The second kappa shape index (κ2) is 5.59. The van der Waals surface area contributed by atoms with Crippen LogP contribution >= 0.6 is 0 Å². The first-order chi connectivity index (χ1) is 9.03. The monoisotopic (exact) mass is 267 g/mol. The second-order valence-electron chi connectivity index (χ2n) is 5.47. The van der Waals surface area contributed by atoms with E-state index in [1.165, 1.54) is 4.90 Å². The maximum absolute atomic E-state index is 12.0. The van der Waals surface area contributed by atoms with Gasteiger partial charge >= 0.3 is 0 Å². The number of hydrogen-bond donors (Lipinski definition) is 2. The van der Waals surface area contributed by atoms with Crippen LogP contribution in [0.25, 0.3) is 0 Å². The third kappa shape index (κ3) is 3.05. The van der Waals surface area contributed by atoms with Crippen molar-refractivity contribution in [2.24, 2.45) is 5.73 Å². The van der Waals surface area contributed by atoms with Crippen LogP contribution in [0.5, 0.6) is 0 Å². The van der Waals surface area contributed by atoms with Gasteiger partial charge in [-0.25, -0.2) is 0 Å². The zero-order valence-electron chi connectivity index (χ0n) is 11.1. The van der Waals surface area contributed by atoms with Crippen molar-refractivity contribution in [3.8, 4) is 0 Å². The lowest BCUT2D eigenvalue weighted by molar-refractivity contribution is -0.136. The van der Waals surface area contributed by atoms with Gasteiger partial charge in [-0.15, -0.1) is 0 Å². The standard InChI is InChI=1S/C13H21N3O3/c14-12(19)13(6-2-1-3-7-13)15-10(17)9-16-8-4-5-11(16)18/h1-9H2,(H2,14,19)(H,15,17). The quantitative estimate of drug-likeness (QED) is 0.745. The van der Waals surface area contributed by atoms with Crippen LogP contribution in [0.4, 0.5) is 0 Å². The van der Waals surface area contributed by atoms with Gasteiger partial charge in [0, 0.05) is 13.0 Å². The Morgan fingerprint density at radius 3 is 2.42 bits per heavy atom. The van der Waals surface area contributed by atoms with Crippen molar-refractivity contribution >= 4 is 17.7 Å². The van der Waals surface area contributed by atoms with Crippen molar-refractivity contribution in [1.29, 1.82) is 0 Å². The van der Waals surface area contributed by atoms with Crippen molar-refractivity contribution in [2.45, 2.75) is 50.5 Å². The third-order valence-corrected chi connectivity index (χ3v) is 4.06. The summed E-state index contributed by atoms with van der Waals surface area (Å²) in [7, 11) is 0. The Hall–Kier alpha value is -1.59. The van der Waals surface area contributed by atoms with Crippen LogP contribution in [0.15, 0.2) is 0 Å². The molecule has 0 aromatic rings. The Bertz CT molecular complexity index is 389. The fourth-order valence-electron chi connectivity index (χ4n) is 2.94. The van der Waals surface area contributed by atoms with Crippen LogP contribution in [0.3, 0.4) is 0 Å². The Morgan fingerprint density at radius 2 is 1.89 bits per heavy atom. The number of nitrogens with two attached hydrogens (primary N) is 1.